The molecule has 0 fully saturated rings. The smallest absolute Gasteiger partial charge is 0.250 e. The van der Waals surface area contributed by atoms with Crippen molar-refractivity contribution in [3.63, 3.8) is 0 Å². The minimum Gasteiger partial charge on any atom is -0.297 e. The molecule has 1 amide bonds. The maximum Gasteiger partial charge on any atom is 0.250 e. The summed E-state index contributed by atoms with van der Waals surface area (Å²) in [7, 11) is 0. The Kier molecular flexibility index (Phi) is 4.77. The van der Waals surface area contributed by atoms with E-state index in [2.05, 4.69) is 15.5 Å². The first-order valence-electron chi connectivity index (χ1n) is 7.25. The van der Waals surface area contributed by atoms with Gasteiger partial charge in [-0.25, -0.2) is 4.39 Å². The standard InChI is InChI=1S/C18H14FN3OS/c1-12-2-7-14(8-3-12)17-21-22-18(24-17)20-16(23)11-6-13-4-9-15(19)10-5-13/h2-11H,1H3,(H,20,22,23)/b11-6+. The molecule has 0 saturated carbocycles. The highest BCUT2D eigenvalue weighted by Gasteiger charge is 2.08. The van der Waals surface area contributed by atoms with Gasteiger partial charge in [0.2, 0.25) is 11.0 Å². The lowest BCUT2D eigenvalue weighted by Crippen LogP contribution is -2.07. The second-order valence-electron chi connectivity index (χ2n) is 5.15. The number of hydrogen-bond acceptors (Lipinski definition) is 4. The number of carbonyl (C=O) groups excluding carboxylic acids is 1. The average Bonchev–Trinajstić information content (AvgIpc) is 3.03. The Bertz CT molecular complexity index is 870. The van der Waals surface area contributed by atoms with Crippen molar-refractivity contribution in [2.24, 2.45) is 0 Å². The third-order valence-electron chi connectivity index (χ3n) is 3.25. The van der Waals surface area contributed by atoms with E-state index < -0.39 is 0 Å². The molecule has 0 bridgehead atoms. The first-order valence-corrected chi connectivity index (χ1v) is 8.07. The van der Waals surface area contributed by atoms with Crippen molar-refractivity contribution in [1.29, 1.82) is 0 Å². The van der Waals surface area contributed by atoms with Crippen LogP contribution in [0.15, 0.2) is 54.6 Å². The lowest BCUT2D eigenvalue weighted by atomic mass is 10.2. The number of benzene rings is 2. The maximum absolute atomic E-state index is 12.8. The molecule has 1 heterocycles. The van der Waals surface area contributed by atoms with Crippen LogP contribution in [0.25, 0.3) is 16.6 Å². The van der Waals surface area contributed by atoms with Crippen molar-refractivity contribution in [2.45, 2.75) is 6.92 Å². The van der Waals surface area contributed by atoms with Crippen LogP contribution in [0.4, 0.5) is 9.52 Å². The summed E-state index contributed by atoms with van der Waals surface area (Å²) in [5, 5.41) is 11.9. The van der Waals surface area contributed by atoms with E-state index in [1.54, 1.807) is 18.2 Å². The van der Waals surface area contributed by atoms with Gasteiger partial charge in [-0.05, 0) is 30.7 Å². The number of rotatable bonds is 4. The number of amides is 1. The summed E-state index contributed by atoms with van der Waals surface area (Å²) in [5.41, 5.74) is 2.87. The molecule has 2 aromatic carbocycles. The molecule has 0 atom stereocenters. The molecule has 1 N–H and O–H groups in total. The van der Waals surface area contributed by atoms with E-state index in [9.17, 15) is 9.18 Å². The number of carbonyl (C=O) groups is 1. The van der Waals surface area contributed by atoms with Crippen molar-refractivity contribution in [3.8, 4) is 10.6 Å². The van der Waals surface area contributed by atoms with Crippen LogP contribution in [0, 0.1) is 12.7 Å². The summed E-state index contributed by atoms with van der Waals surface area (Å²) in [5.74, 6) is -0.625. The van der Waals surface area contributed by atoms with Gasteiger partial charge in [0.15, 0.2) is 0 Å². The van der Waals surface area contributed by atoms with Crippen molar-refractivity contribution < 1.29 is 9.18 Å². The second kappa shape index (κ2) is 7.14. The fourth-order valence-corrected chi connectivity index (χ4v) is 2.73. The van der Waals surface area contributed by atoms with Crippen molar-refractivity contribution in [2.75, 3.05) is 5.32 Å². The van der Waals surface area contributed by atoms with Crippen LogP contribution in [0.1, 0.15) is 11.1 Å². The Morgan fingerprint density at radius 3 is 2.50 bits per heavy atom. The summed E-state index contributed by atoms with van der Waals surface area (Å²) < 4.78 is 12.8. The summed E-state index contributed by atoms with van der Waals surface area (Å²) >= 11 is 1.31. The van der Waals surface area contributed by atoms with Gasteiger partial charge in [-0.15, -0.1) is 10.2 Å². The molecule has 0 radical (unpaired) electrons. The Morgan fingerprint density at radius 1 is 1.08 bits per heavy atom. The number of hydrogen-bond donors (Lipinski definition) is 1. The lowest BCUT2D eigenvalue weighted by molar-refractivity contribution is -0.111. The van der Waals surface area contributed by atoms with Crippen molar-refractivity contribution >= 4 is 28.5 Å². The number of aryl methyl sites for hydroxylation is 1. The van der Waals surface area contributed by atoms with E-state index in [1.807, 2.05) is 31.2 Å². The molecule has 0 aliphatic carbocycles. The molecule has 3 aromatic rings. The molecule has 0 spiro atoms. The number of nitrogens with one attached hydrogen (secondary N) is 1. The summed E-state index contributed by atoms with van der Waals surface area (Å²) in [6, 6.07) is 13.8. The molecule has 0 aliphatic rings. The molecular weight excluding hydrogens is 325 g/mol. The van der Waals surface area contributed by atoms with Gasteiger partial charge in [0, 0.05) is 11.6 Å². The molecule has 120 valence electrons. The van der Waals surface area contributed by atoms with Crippen LogP contribution in [-0.4, -0.2) is 16.1 Å². The van der Waals surface area contributed by atoms with Gasteiger partial charge >= 0.3 is 0 Å². The summed E-state index contributed by atoms with van der Waals surface area (Å²) in [4.78, 5) is 11.9. The lowest BCUT2D eigenvalue weighted by Gasteiger charge is -1.96. The summed E-state index contributed by atoms with van der Waals surface area (Å²) in [6.45, 7) is 2.02. The number of nitrogens with zero attached hydrogens (tertiary/aromatic N) is 2. The number of anilines is 1. The quantitative estimate of drug-likeness (QED) is 0.721. The Balaban J connectivity index is 1.64. The normalized spacial score (nSPS) is 10.9. The maximum atomic E-state index is 12.8. The van der Waals surface area contributed by atoms with Crippen LogP contribution >= 0.6 is 11.3 Å². The predicted octanol–water partition coefficient (Wildman–Crippen LogP) is 4.30. The minimum absolute atomic E-state index is 0.311. The van der Waals surface area contributed by atoms with E-state index in [4.69, 9.17) is 0 Å². The van der Waals surface area contributed by atoms with E-state index in [0.717, 1.165) is 16.1 Å². The van der Waals surface area contributed by atoms with Crippen molar-refractivity contribution in [3.05, 3.63) is 71.6 Å². The van der Waals surface area contributed by atoms with Gasteiger partial charge in [-0.3, -0.25) is 10.1 Å². The van der Waals surface area contributed by atoms with Gasteiger partial charge in [-0.2, -0.15) is 0 Å². The fourth-order valence-electron chi connectivity index (χ4n) is 1.98. The zero-order chi connectivity index (χ0) is 16.9. The van der Waals surface area contributed by atoms with Gasteiger partial charge in [0.25, 0.3) is 0 Å². The molecule has 1 aromatic heterocycles. The van der Waals surface area contributed by atoms with Crippen LogP contribution in [-0.2, 0) is 4.79 Å². The molecule has 0 unspecified atom stereocenters. The van der Waals surface area contributed by atoms with Crippen LogP contribution in [0.2, 0.25) is 0 Å². The fraction of sp³-hybridized carbons (Fsp3) is 0.0556. The first kappa shape index (κ1) is 16.0. The highest BCUT2D eigenvalue weighted by molar-refractivity contribution is 7.18. The first-order chi connectivity index (χ1) is 11.6. The molecule has 6 heteroatoms. The van der Waals surface area contributed by atoms with E-state index in [0.29, 0.717) is 5.13 Å². The van der Waals surface area contributed by atoms with Crippen LogP contribution in [0.3, 0.4) is 0 Å². The molecule has 0 saturated heterocycles. The number of aromatic nitrogens is 2. The molecule has 4 nitrogen and oxygen atoms in total. The predicted molar refractivity (Wildman–Crippen MR) is 94.1 cm³/mol. The average molecular weight is 339 g/mol. The van der Waals surface area contributed by atoms with Gasteiger partial charge < -0.3 is 0 Å². The SMILES string of the molecule is Cc1ccc(-c2nnc(NC(=O)/C=C/c3ccc(F)cc3)s2)cc1. The second-order valence-corrected chi connectivity index (χ2v) is 6.13. The zero-order valence-electron chi connectivity index (χ0n) is 12.9. The third kappa shape index (κ3) is 4.11. The highest BCUT2D eigenvalue weighted by Crippen LogP contribution is 2.26. The van der Waals surface area contributed by atoms with E-state index in [1.165, 1.54) is 35.1 Å². The van der Waals surface area contributed by atoms with Crippen molar-refractivity contribution in [1.82, 2.24) is 10.2 Å². The number of halogens is 1. The summed E-state index contributed by atoms with van der Waals surface area (Å²) in [6.07, 6.45) is 2.98. The van der Waals surface area contributed by atoms with E-state index >= 15 is 0 Å². The van der Waals surface area contributed by atoms with Gasteiger partial charge in [0.1, 0.15) is 10.8 Å². The highest BCUT2D eigenvalue weighted by atomic mass is 32.1. The van der Waals surface area contributed by atoms with Crippen LogP contribution in [0.5, 0.6) is 0 Å². The molecule has 0 aliphatic heterocycles. The largest absolute Gasteiger partial charge is 0.297 e. The molecule has 3 rings (SSSR count). The Hall–Kier alpha value is -2.86. The zero-order valence-corrected chi connectivity index (χ0v) is 13.7. The van der Waals surface area contributed by atoms with E-state index in [-0.39, 0.29) is 11.7 Å². The van der Waals surface area contributed by atoms with Gasteiger partial charge in [0.05, 0.1) is 0 Å². The van der Waals surface area contributed by atoms with Crippen LogP contribution < -0.4 is 5.32 Å². The minimum atomic E-state index is -0.314. The molecule has 24 heavy (non-hydrogen) atoms. The monoisotopic (exact) mass is 339 g/mol. The molecular formula is C18H14FN3OS. The Morgan fingerprint density at radius 2 is 1.79 bits per heavy atom. The Labute approximate surface area is 142 Å². The third-order valence-corrected chi connectivity index (χ3v) is 4.14. The van der Waals surface area contributed by atoms with Gasteiger partial charge in [-0.1, -0.05) is 53.3 Å². The topological polar surface area (TPSA) is 54.9 Å².